The first-order valence-corrected chi connectivity index (χ1v) is 13.6. The predicted molar refractivity (Wildman–Crippen MR) is 161 cm³/mol. The molecule has 0 amide bonds. The van der Waals surface area contributed by atoms with Gasteiger partial charge in [-0.1, -0.05) is 84.9 Å². The van der Waals surface area contributed by atoms with Crippen LogP contribution in [0.5, 0.6) is 5.75 Å². The molecule has 7 aromatic rings. The average Bonchev–Trinajstić information content (AvgIpc) is 3.57. The maximum atomic E-state index is 6.22. The van der Waals surface area contributed by atoms with Crippen LogP contribution in [0.4, 0.5) is 0 Å². The Morgan fingerprint density at radius 1 is 0.500 bits per heavy atom. The Morgan fingerprint density at radius 2 is 1.02 bits per heavy atom. The van der Waals surface area contributed by atoms with Crippen LogP contribution < -0.4 is 4.74 Å². The van der Waals surface area contributed by atoms with Crippen LogP contribution in [0.2, 0.25) is 0 Å². The number of nitrogens with zero attached hydrogens (tertiary/aromatic N) is 4. The fourth-order valence-electron chi connectivity index (χ4n) is 5.29. The fourth-order valence-corrected chi connectivity index (χ4v) is 5.29. The summed E-state index contributed by atoms with van der Waals surface area (Å²) in [7, 11) is 0. The van der Waals surface area contributed by atoms with Crippen molar-refractivity contribution in [3.63, 3.8) is 0 Å². The van der Waals surface area contributed by atoms with Crippen molar-refractivity contribution in [3.8, 4) is 28.5 Å². The lowest BCUT2D eigenvalue weighted by Gasteiger charge is -2.12. The minimum absolute atomic E-state index is 0.534. The molecule has 7 rings (SSSR count). The molecule has 5 aromatic carbocycles. The van der Waals surface area contributed by atoms with Crippen molar-refractivity contribution in [1.82, 2.24) is 19.1 Å². The molecule has 0 aliphatic carbocycles. The lowest BCUT2D eigenvalue weighted by molar-refractivity contribution is 0.301. The topological polar surface area (TPSA) is 44.9 Å². The number of hydrogen-bond donors (Lipinski definition) is 0. The molecule has 0 unspecified atom stereocenters. The molecular weight excluding hydrogens is 492 g/mol. The van der Waals surface area contributed by atoms with Gasteiger partial charge in [-0.15, -0.1) is 0 Å². The van der Waals surface area contributed by atoms with Crippen molar-refractivity contribution in [2.24, 2.45) is 0 Å². The van der Waals surface area contributed by atoms with E-state index in [4.69, 9.17) is 14.7 Å². The number of hydrogen-bond acceptors (Lipinski definition) is 3. The van der Waals surface area contributed by atoms with Crippen molar-refractivity contribution in [1.29, 1.82) is 0 Å². The van der Waals surface area contributed by atoms with Crippen LogP contribution in [-0.4, -0.2) is 25.7 Å². The first kappa shape index (κ1) is 23.9. The van der Waals surface area contributed by atoms with Gasteiger partial charge in [0.2, 0.25) is 0 Å². The van der Waals surface area contributed by atoms with E-state index in [2.05, 4.69) is 94.1 Å². The van der Waals surface area contributed by atoms with Crippen LogP contribution in [0.1, 0.15) is 5.56 Å². The summed E-state index contributed by atoms with van der Waals surface area (Å²) in [6.07, 6.45) is 0. The normalized spacial score (nSPS) is 11.3. The summed E-state index contributed by atoms with van der Waals surface area (Å²) in [4.78, 5) is 9.89. The Bertz CT molecular complexity index is 1890. The Kier molecular flexibility index (Phi) is 6.30. The van der Waals surface area contributed by atoms with E-state index in [1.165, 1.54) is 5.56 Å². The first-order valence-electron chi connectivity index (χ1n) is 13.6. The van der Waals surface area contributed by atoms with Crippen LogP contribution in [0, 0.1) is 0 Å². The highest BCUT2D eigenvalue weighted by Crippen LogP contribution is 2.28. The molecule has 0 radical (unpaired) electrons. The number of fused-ring (bicyclic) bond motifs is 2. The van der Waals surface area contributed by atoms with Crippen molar-refractivity contribution in [3.05, 3.63) is 139 Å². The van der Waals surface area contributed by atoms with E-state index in [0.29, 0.717) is 13.2 Å². The first-order chi connectivity index (χ1) is 19.8. The van der Waals surface area contributed by atoms with Gasteiger partial charge in [-0.25, -0.2) is 9.97 Å². The van der Waals surface area contributed by atoms with Gasteiger partial charge in [0.1, 0.15) is 24.0 Å². The van der Waals surface area contributed by atoms with E-state index in [9.17, 15) is 0 Å². The molecule has 0 N–H and O–H groups in total. The molecule has 5 heteroatoms. The number of ether oxygens (including phenoxy) is 1. The summed E-state index contributed by atoms with van der Waals surface area (Å²) in [5.74, 6) is 2.74. The van der Waals surface area contributed by atoms with E-state index in [-0.39, 0.29) is 0 Å². The third-order valence-corrected chi connectivity index (χ3v) is 7.22. The molecule has 2 aromatic heterocycles. The minimum atomic E-state index is 0.534. The zero-order valence-electron chi connectivity index (χ0n) is 22.0. The standard InChI is InChI=1S/C35H28N4O/c1-3-11-26(12-4-1)25-39-33-18-10-8-16-31(33)37-35(39)28-19-21-29(22-20-28)40-24-23-38-32-17-9-7-15-30(32)36-34(38)27-13-5-2-6-14-27/h1-22H,23-25H2. The van der Waals surface area contributed by atoms with Gasteiger partial charge in [0, 0.05) is 17.7 Å². The van der Waals surface area contributed by atoms with Gasteiger partial charge in [-0.05, 0) is 54.1 Å². The van der Waals surface area contributed by atoms with Crippen LogP contribution in [0.25, 0.3) is 44.8 Å². The Labute approximate surface area is 233 Å². The Hall–Kier alpha value is -5.16. The number of benzene rings is 5. The van der Waals surface area contributed by atoms with E-state index >= 15 is 0 Å². The van der Waals surface area contributed by atoms with E-state index < -0.39 is 0 Å². The number of para-hydroxylation sites is 4. The Balaban J connectivity index is 1.12. The molecule has 0 spiro atoms. The summed E-state index contributed by atoms with van der Waals surface area (Å²) in [5, 5.41) is 0. The molecule has 0 saturated carbocycles. The Morgan fingerprint density at radius 3 is 1.70 bits per heavy atom. The summed E-state index contributed by atoms with van der Waals surface area (Å²) in [6.45, 7) is 1.99. The molecule has 0 aliphatic heterocycles. The van der Waals surface area contributed by atoms with Gasteiger partial charge in [0.15, 0.2) is 0 Å². The summed E-state index contributed by atoms with van der Waals surface area (Å²) >= 11 is 0. The average molecular weight is 521 g/mol. The summed E-state index contributed by atoms with van der Waals surface area (Å²) in [6, 6.07) is 45.7. The third kappa shape index (κ3) is 4.63. The zero-order valence-corrected chi connectivity index (χ0v) is 22.0. The van der Waals surface area contributed by atoms with Gasteiger partial charge in [0.25, 0.3) is 0 Å². The molecule has 0 fully saturated rings. The van der Waals surface area contributed by atoms with Crippen LogP contribution >= 0.6 is 0 Å². The van der Waals surface area contributed by atoms with Crippen LogP contribution in [0.15, 0.2) is 133 Å². The van der Waals surface area contributed by atoms with Crippen LogP contribution in [0.3, 0.4) is 0 Å². The second-order valence-electron chi connectivity index (χ2n) is 9.81. The molecular formula is C35H28N4O. The summed E-state index contributed by atoms with van der Waals surface area (Å²) in [5.41, 5.74) is 7.63. The highest BCUT2D eigenvalue weighted by atomic mass is 16.5. The molecule has 0 bridgehead atoms. The van der Waals surface area contributed by atoms with Gasteiger partial charge >= 0.3 is 0 Å². The highest BCUT2D eigenvalue weighted by molar-refractivity contribution is 5.81. The number of aromatic nitrogens is 4. The smallest absolute Gasteiger partial charge is 0.141 e. The molecule has 5 nitrogen and oxygen atoms in total. The van der Waals surface area contributed by atoms with Gasteiger partial charge < -0.3 is 13.9 Å². The van der Waals surface area contributed by atoms with Crippen molar-refractivity contribution < 1.29 is 4.74 Å². The van der Waals surface area contributed by atoms with Crippen LogP contribution in [-0.2, 0) is 13.1 Å². The monoisotopic (exact) mass is 520 g/mol. The maximum Gasteiger partial charge on any atom is 0.141 e. The molecule has 2 heterocycles. The van der Waals surface area contributed by atoms with E-state index in [1.807, 2.05) is 48.5 Å². The molecule has 40 heavy (non-hydrogen) atoms. The van der Waals surface area contributed by atoms with Crippen molar-refractivity contribution >= 4 is 22.1 Å². The van der Waals surface area contributed by atoms with Gasteiger partial charge in [-0.3, -0.25) is 0 Å². The quantitative estimate of drug-likeness (QED) is 0.205. The second kappa shape index (κ2) is 10.5. The summed E-state index contributed by atoms with van der Waals surface area (Å²) < 4.78 is 10.7. The number of imidazole rings is 2. The third-order valence-electron chi connectivity index (χ3n) is 7.22. The molecule has 194 valence electrons. The van der Waals surface area contributed by atoms with E-state index in [1.54, 1.807) is 0 Å². The second-order valence-corrected chi connectivity index (χ2v) is 9.81. The maximum absolute atomic E-state index is 6.22. The van der Waals surface area contributed by atoms with Crippen molar-refractivity contribution in [2.75, 3.05) is 6.61 Å². The molecule has 0 atom stereocenters. The largest absolute Gasteiger partial charge is 0.492 e. The lowest BCUT2D eigenvalue weighted by Crippen LogP contribution is -2.09. The molecule has 0 saturated heterocycles. The fraction of sp³-hybridized carbons (Fsp3) is 0.0857. The highest BCUT2D eigenvalue weighted by Gasteiger charge is 2.14. The molecule has 0 aliphatic rings. The van der Waals surface area contributed by atoms with Gasteiger partial charge in [-0.2, -0.15) is 0 Å². The predicted octanol–water partition coefficient (Wildman–Crippen LogP) is 7.85. The minimum Gasteiger partial charge on any atom is -0.492 e. The lowest BCUT2D eigenvalue weighted by atomic mass is 10.2. The van der Waals surface area contributed by atoms with E-state index in [0.717, 1.165) is 57.1 Å². The van der Waals surface area contributed by atoms with Gasteiger partial charge in [0.05, 0.1) is 28.6 Å². The SMILES string of the molecule is c1ccc(Cn2c(-c3ccc(OCCn4c(-c5ccccc5)nc5ccccc54)cc3)nc3ccccc32)cc1. The zero-order chi connectivity index (χ0) is 26.7. The van der Waals surface area contributed by atoms with Crippen molar-refractivity contribution in [2.45, 2.75) is 13.1 Å². The number of rotatable bonds is 8.